The van der Waals surface area contributed by atoms with Crippen LogP contribution in [-0.4, -0.2) is 44.8 Å². The van der Waals surface area contributed by atoms with Crippen molar-refractivity contribution in [3.8, 4) is 0 Å². The topological polar surface area (TPSA) is 85.7 Å². The largest absolute Gasteiger partial charge is 0.465 e. The summed E-state index contributed by atoms with van der Waals surface area (Å²) in [7, 11) is -2.68. The number of hydrogen-bond donors (Lipinski definition) is 0. The summed E-state index contributed by atoms with van der Waals surface area (Å²) in [6, 6.07) is 10.7. The monoisotopic (exact) mass is 482 g/mol. The highest BCUT2D eigenvalue weighted by molar-refractivity contribution is 7.92. The number of anilines is 1. The molecule has 11 heteroatoms. The highest BCUT2D eigenvalue weighted by Crippen LogP contribution is 2.32. The van der Waals surface area contributed by atoms with Crippen molar-refractivity contribution in [3.63, 3.8) is 0 Å². The zero-order valence-electron chi connectivity index (χ0n) is 17.8. The highest BCUT2D eigenvalue weighted by atomic mass is 32.2. The van der Waals surface area contributed by atoms with E-state index in [4.69, 9.17) is 4.74 Å². The van der Waals surface area contributed by atoms with Crippen LogP contribution in [0.3, 0.4) is 0 Å². The van der Waals surface area contributed by atoms with Crippen LogP contribution < -0.4 is 4.31 Å². The SMILES string of the molecule is COC(=O)c1cn(C(=O)CCCN(c2cccc(C(F)(F)F)c2)S(C)(=O)=O)c2ccccc12. The molecule has 0 atom stereocenters. The maximum Gasteiger partial charge on any atom is 0.416 e. The average molecular weight is 482 g/mol. The molecule has 0 N–H and O–H groups in total. The lowest BCUT2D eigenvalue weighted by Crippen LogP contribution is -2.31. The molecule has 2 aromatic carbocycles. The minimum absolute atomic E-state index is 0.0439. The first kappa shape index (κ1) is 24.3. The molecule has 0 bridgehead atoms. The third-order valence-electron chi connectivity index (χ3n) is 5.00. The Kier molecular flexibility index (Phi) is 6.82. The summed E-state index contributed by atoms with van der Waals surface area (Å²) in [5.74, 6) is -1.01. The summed E-state index contributed by atoms with van der Waals surface area (Å²) in [6.07, 6.45) is -2.44. The summed E-state index contributed by atoms with van der Waals surface area (Å²) in [5, 5.41) is 0.527. The number of methoxy groups -OCH3 is 1. The van der Waals surface area contributed by atoms with Crippen LogP contribution in [-0.2, 0) is 20.9 Å². The molecule has 0 fully saturated rings. The summed E-state index contributed by atoms with van der Waals surface area (Å²) in [4.78, 5) is 24.9. The van der Waals surface area contributed by atoms with Crippen LogP contribution in [0.2, 0.25) is 0 Å². The van der Waals surface area contributed by atoms with Gasteiger partial charge in [-0.2, -0.15) is 13.2 Å². The Morgan fingerprint density at radius 1 is 1.09 bits per heavy atom. The summed E-state index contributed by atoms with van der Waals surface area (Å²) in [5.41, 5.74) is -0.415. The van der Waals surface area contributed by atoms with Gasteiger partial charge in [-0.3, -0.25) is 13.7 Å². The van der Waals surface area contributed by atoms with Crippen LogP contribution in [0.1, 0.15) is 33.6 Å². The molecule has 0 saturated heterocycles. The summed E-state index contributed by atoms with van der Waals surface area (Å²) in [6.45, 7) is -0.199. The standard InChI is InChI=1S/C22H21F3N2O5S/c1-32-21(29)18-14-26(19-10-4-3-9-17(18)19)20(28)11-6-12-27(33(2,30)31)16-8-5-7-15(13-16)22(23,24)25/h3-5,7-10,13-14H,6,11-12H2,1-2H3. The van der Waals surface area contributed by atoms with Crippen molar-refractivity contribution in [2.24, 2.45) is 0 Å². The molecule has 0 radical (unpaired) electrons. The van der Waals surface area contributed by atoms with Gasteiger partial charge in [0.2, 0.25) is 15.9 Å². The van der Waals surface area contributed by atoms with E-state index in [1.165, 1.54) is 23.9 Å². The Labute approximate surface area is 188 Å². The molecule has 33 heavy (non-hydrogen) atoms. The van der Waals surface area contributed by atoms with Gasteiger partial charge < -0.3 is 4.74 Å². The maximum absolute atomic E-state index is 13.0. The predicted molar refractivity (Wildman–Crippen MR) is 117 cm³/mol. The summed E-state index contributed by atoms with van der Waals surface area (Å²) < 4.78 is 70.4. The second-order valence-electron chi connectivity index (χ2n) is 7.30. The number of halogens is 3. The number of hydrogen-bond acceptors (Lipinski definition) is 5. The van der Waals surface area contributed by atoms with Gasteiger partial charge in [0, 0.05) is 24.5 Å². The van der Waals surface area contributed by atoms with E-state index in [9.17, 15) is 31.2 Å². The van der Waals surface area contributed by atoms with Gasteiger partial charge >= 0.3 is 12.1 Å². The van der Waals surface area contributed by atoms with E-state index >= 15 is 0 Å². The van der Waals surface area contributed by atoms with Crippen LogP contribution in [0.4, 0.5) is 18.9 Å². The molecule has 0 aliphatic carbocycles. The van der Waals surface area contributed by atoms with E-state index in [-0.39, 0.29) is 30.6 Å². The molecule has 1 aromatic heterocycles. The quantitative estimate of drug-likeness (QED) is 0.468. The van der Waals surface area contributed by atoms with Gasteiger partial charge in [0.15, 0.2) is 0 Å². The zero-order valence-corrected chi connectivity index (χ0v) is 18.6. The lowest BCUT2D eigenvalue weighted by Gasteiger charge is -2.23. The first-order valence-electron chi connectivity index (χ1n) is 9.80. The number of benzene rings is 2. The maximum atomic E-state index is 13.0. The number of aromatic nitrogens is 1. The summed E-state index contributed by atoms with van der Waals surface area (Å²) >= 11 is 0. The van der Waals surface area contributed by atoms with E-state index in [0.717, 1.165) is 28.8 Å². The third kappa shape index (κ3) is 5.36. The molecule has 0 unspecified atom stereocenters. The number of esters is 1. The number of carbonyl (C=O) groups excluding carboxylic acids is 2. The normalized spacial score (nSPS) is 12.0. The first-order chi connectivity index (χ1) is 15.4. The van der Waals surface area contributed by atoms with E-state index in [0.29, 0.717) is 10.9 Å². The van der Waals surface area contributed by atoms with Crippen molar-refractivity contribution in [1.29, 1.82) is 0 Å². The molecule has 3 aromatic rings. The fraction of sp³-hybridized carbons (Fsp3) is 0.273. The minimum atomic E-state index is -4.62. The molecule has 0 aliphatic rings. The van der Waals surface area contributed by atoms with Crippen molar-refractivity contribution in [1.82, 2.24) is 4.57 Å². The number of fused-ring (bicyclic) bond motifs is 1. The minimum Gasteiger partial charge on any atom is -0.465 e. The molecular weight excluding hydrogens is 461 g/mol. The Morgan fingerprint density at radius 2 is 1.79 bits per heavy atom. The van der Waals surface area contributed by atoms with Gasteiger partial charge in [-0.05, 0) is 30.7 Å². The Balaban J connectivity index is 1.81. The number of alkyl halides is 3. The molecule has 0 aliphatic heterocycles. The van der Waals surface area contributed by atoms with Crippen molar-refractivity contribution >= 4 is 38.5 Å². The van der Waals surface area contributed by atoms with Gasteiger partial charge in [-0.1, -0.05) is 24.3 Å². The van der Waals surface area contributed by atoms with Crippen molar-refractivity contribution in [2.45, 2.75) is 19.0 Å². The number of sulfonamides is 1. The smallest absolute Gasteiger partial charge is 0.416 e. The van der Waals surface area contributed by atoms with Crippen molar-refractivity contribution < 1.29 is 35.9 Å². The second kappa shape index (κ2) is 9.26. The number of nitrogens with zero attached hydrogens (tertiary/aromatic N) is 2. The van der Waals surface area contributed by atoms with Crippen LogP contribution in [0.5, 0.6) is 0 Å². The van der Waals surface area contributed by atoms with Crippen LogP contribution in [0.25, 0.3) is 10.9 Å². The number of para-hydroxylation sites is 1. The van der Waals surface area contributed by atoms with E-state index in [2.05, 4.69) is 0 Å². The molecule has 3 rings (SSSR count). The Hall–Kier alpha value is -3.34. The second-order valence-corrected chi connectivity index (χ2v) is 9.21. The Bertz CT molecular complexity index is 1300. The van der Waals surface area contributed by atoms with Gasteiger partial charge in [0.05, 0.1) is 35.7 Å². The third-order valence-corrected chi connectivity index (χ3v) is 6.19. The number of rotatable bonds is 7. The molecule has 176 valence electrons. The van der Waals surface area contributed by atoms with E-state index in [1.807, 2.05) is 0 Å². The molecule has 7 nitrogen and oxygen atoms in total. The lowest BCUT2D eigenvalue weighted by molar-refractivity contribution is -0.137. The molecular formula is C22H21F3N2O5S. The first-order valence-corrected chi connectivity index (χ1v) is 11.6. The van der Waals surface area contributed by atoms with Crippen LogP contribution in [0.15, 0.2) is 54.7 Å². The highest BCUT2D eigenvalue weighted by Gasteiger charge is 2.31. The zero-order chi connectivity index (χ0) is 24.4. The van der Waals surface area contributed by atoms with Gasteiger partial charge in [0.1, 0.15) is 0 Å². The Morgan fingerprint density at radius 3 is 2.42 bits per heavy atom. The van der Waals surface area contributed by atoms with Crippen LogP contribution in [0, 0.1) is 0 Å². The van der Waals surface area contributed by atoms with Gasteiger partial charge in [0.25, 0.3) is 0 Å². The molecule has 0 spiro atoms. The fourth-order valence-corrected chi connectivity index (χ4v) is 4.43. The van der Waals surface area contributed by atoms with Crippen LogP contribution >= 0.6 is 0 Å². The van der Waals surface area contributed by atoms with E-state index < -0.39 is 33.6 Å². The molecule has 0 saturated carbocycles. The molecule has 1 heterocycles. The van der Waals surface area contributed by atoms with Gasteiger partial charge in [-0.15, -0.1) is 0 Å². The fourth-order valence-electron chi connectivity index (χ4n) is 3.48. The van der Waals surface area contributed by atoms with Gasteiger partial charge in [-0.25, -0.2) is 13.2 Å². The number of ether oxygens (including phenoxy) is 1. The lowest BCUT2D eigenvalue weighted by atomic mass is 10.2. The van der Waals surface area contributed by atoms with E-state index in [1.54, 1.807) is 24.3 Å². The van der Waals surface area contributed by atoms with Crippen molar-refractivity contribution in [2.75, 3.05) is 24.2 Å². The molecule has 0 amide bonds. The van der Waals surface area contributed by atoms with Crippen molar-refractivity contribution in [3.05, 3.63) is 65.9 Å². The number of carbonyl (C=O) groups is 2. The average Bonchev–Trinajstić information content (AvgIpc) is 3.14. The predicted octanol–water partition coefficient (Wildman–Crippen LogP) is 4.33.